The zero-order valence-electron chi connectivity index (χ0n) is 13.3. The smallest absolute Gasteiger partial charge is 0.294 e. The number of thiophene rings is 1. The first-order valence-corrected chi connectivity index (χ1v) is 11.4. The van der Waals surface area contributed by atoms with Gasteiger partial charge in [0.15, 0.2) is 0 Å². The molecule has 0 unspecified atom stereocenters. The van der Waals surface area contributed by atoms with E-state index >= 15 is 0 Å². The van der Waals surface area contributed by atoms with Gasteiger partial charge in [0.1, 0.15) is 4.21 Å². The number of allylic oxidation sites excluding steroid dienone is 2. The van der Waals surface area contributed by atoms with Crippen LogP contribution in [0, 0.1) is 0 Å². The molecule has 2 aromatic heterocycles. The second kappa shape index (κ2) is 7.82. The summed E-state index contributed by atoms with van der Waals surface area (Å²) < 4.78 is 32.2. The molecule has 3 rings (SSSR count). The summed E-state index contributed by atoms with van der Waals surface area (Å²) in [6.07, 6.45) is 3.92. The molecule has 0 saturated heterocycles. The lowest BCUT2D eigenvalue weighted by atomic mass is 10.2. The van der Waals surface area contributed by atoms with Gasteiger partial charge in [-0.2, -0.15) is 8.42 Å². The van der Waals surface area contributed by atoms with Gasteiger partial charge in [-0.25, -0.2) is 0 Å². The van der Waals surface area contributed by atoms with Crippen LogP contribution in [0.15, 0.2) is 72.4 Å². The highest BCUT2D eigenvalue weighted by Crippen LogP contribution is 2.23. The third-order valence-electron chi connectivity index (χ3n) is 3.41. The molecule has 0 spiro atoms. The molecule has 0 N–H and O–H groups in total. The lowest BCUT2D eigenvalue weighted by Crippen LogP contribution is -2.17. The van der Waals surface area contributed by atoms with Crippen molar-refractivity contribution in [1.82, 2.24) is 4.57 Å². The fraction of sp³-hybridized carbons (Fsp3) is 0.118. The Morgan fingerprint density at radius 3 is 2.60 bits per heavy atom. The van der Waals surface area contributed by atoms with Crippen LogP contribution in [0.5, 0.6) is 0 Å². The van der Waals surface area contributed by atoms with Crippen molar-refractivity contribution in [1.29, 1.82) is 0 Å². The molecule has 0 bridgehead atoms. The first kappa shape index (κ1) is 18.3. The number of hydrogen-bond donors (Lipinski definition) is 0. The minimum absolute atomic E-state index is 0.253. The number of rotatable bonds is 5. The summed E-state index contributed by atoms with van der Waals surface area (Å²) in [5.74, 6) is 0. The van der Waals surface area contributed by atoms with Crippen LogP contribution >= 0.6 is 38.6 Å². The average Bonchev–Trinajstić information content (AvgIpc) is 3.24. The van der Waals surface area contributed by atoms with Crippen LogP contribution in [-0.4, -0.2) is 13.0 Å². The van der Waals surface area contributed by atoms with E-state index in [0.717, 1.165) is 15.7 Å². The molecule has 0 saturated carbocycles. The predicted octanol–water partition coefficient (Wildman–Crippen LogP) is 4.91. The fourth-order valence-electron chi connectivity index (χ4n) is 2.20. The highest BCUT2D eigenvalue weighted by molar-refractivity contribution is 9.10. The van der Waals surface area contributed by atoms with Crippen LogP contribution in [0.3, 0.4) is 0 Å². The molecule has 8 heteroatoms. The molecule has 3 aromatic rings. The third-order valence-corrected chi connectivity index (χ3v) is 7.56. The summed E-state index contributed by atoms with van der Waals surface area (Å²) in [7, 11) is -3.69. The first-order valence-electron chi connectivity index (χ1n) is 7.41. The van der Waals surface area contributed by atoms with Crippen molar-refractivity contribution in [3.8, 4) is 11.3 Å². The van der Waals surface area contributed by atoms with Gasteiger partial charge in [-0.3, -0.25) is 0 Å². The SMILES string of the molecule is CC=CCn1c(-c2ccc(Br)cc2)csc1=NS(=O)(=O)c1cccs1. The Morgan fingerprint density at radius 1 is 1.20 bits per heavy atom. The van der Waals surface area contributed by atoms with Gasteiger partial charge in [-0.1, -0.05) is 46.3 Å². The largest absolute Gasteiger partial charge is 0.312 e. The highest BCUT2D eigenvalue weighted by atomic mass is 79.9. The summed E-state index contributed by atoms with van der Waals surface area (Å²) >= 11 is 5.93. The van der Waals surface area contributed by atoms with Crippen LogP contribution < -0.4 is 4.80 Å². The number of hydrogen-bond acceptors (Lipinski definition) is 4. The Bertz CT molecular complexity index is 1040. The Balaban J connectivity index is 2.14. The Morgan fingerprint density at radius 2 is 1.96 bits per heavy atom. The van der Waals surface area contributed by atoms with E-state index in [9.17, 15) is 8.42 Å². The van der Waals surface area contributed by atoms with E-state index in [1.807, 2.05) is 53.3 Å². The van der Waals surface area contributed by atoms with Crippen molar-refractivity contribution < 1.29 is 8.42 Å². The molecule has 0 radical (unpaired) electrons. The van der Waals surface area contributed by atoms with E-state index in [-0.39, 0.29) is 4.21 Å². The fourth-order valence-corrected chi connectivity index (χ4v) is 5.57. The van der Waals surface area contributed by atoms with Crippen molar-refractivity contribution in [3.63, 3.8) is 0 Å². The van der Waals surface area contributed by atoms with Crippen molar-refractivity contribution in [2.45, 2.75) is 17.7 Å². The van der Waals surface area contributed by atoms with Crippen molar-refractivity contribution in [2.75, 3.05) is 0 Å². The summed E-state index contributed by atoms with van der Waals surface area (Å²) in [5, 5.41) is 3.67. The molecular formula is C17H15BrN2O2S3. The third kappa shape index (κ3) is 4.20. The van der Waals surface area contributed by atoms with Crippen LogP contribution in [0.4, 0.5) is 0 Å². The number of sulfonamides is 1. The molecule has 0 amide bonds. The van der Waals surface area contributed by atoms with Crippen LogP contribution in [-0.2, 0) is 16.6 Å². The van der Waals surface area contributed by atoms with E-state index in [1.54, 1.807) is 17.5 Å². The zero-order valence-corrected chi connectivity index (χ0v) is 17.3. The highest BCUT2D eigenvalue weighted by Gasteiger charge is 2.15. The summed E-state index contributed by atoms with van der Waals surface area (Å²) in [6, 6.07) is 11.2. The summed E-state index contributed by atoms with van der Waals surface area (Å²) in [4.78, 5) is 0.462. The standard InChI is InChI=1S/C17H15BrN2O2S3/c1-2-3-10-20-15(13-6-8-14(18)9-7-13)12-24-17(20)19-25(21,22)16-5-4-11-23-16/h2-9,11-12H,10H2,1H3. The van der Waals surface area contributed by atoms with Crippen molar-refractivity contribution in [2.24, 2.45) is 4.40 Å². The van der Waals surface area contributed by atoms with Gasteiger partial charge in [0.25, 0.3) is 10.0 Å². The van der Waals surface area contributed by atoms with Gasteiger partial charge in [0.05, 0.1) is 5.69 Å². The molecule has 25 heavy (non-hydrogen) atoms. The van der Waals surface area contributed by atoms with Crippen LogP contribution in [0.2, 0.25) is 0 Å². The molecule has 0 fully saturated rings. The number of nitrogens with zero attached hydrogens (tertiary/aromatic N) is 2. The predicted molar refractivity (Wildman–Crippen MR) is 107 cm³/mol. The Labute approximate surface area is 163 Å². The molecule has 130 valence electrons. The van der Waals surface area contributed by atoms with Crippen molar-refractivity contribution >= 4 is 48.6 Å². The second-order valence-electron chi connectivity index (χ2n) is 5.09. The first-order chi connectivity index (χ1) is 12.0. The minimum atomic E-state index is -3.69. The molecule has 2 heterocycles. The average molecular weight is 455 g/mol. The topological polar surface area (TPSA) is 51.4 Å². The van der Waals surface area contributed by atoms with Crippen LogP contribution in [0.25, 0.3) is 11.3 Å². The van der Waals surface area contributed by atoms with Gasteiger partial charge in [0, 0.05) is 16.4 Å². The quantitative estimate of drug-likeness (QED) is 0.514. The molecule has 0 aliphatic rings. The number of thiazole rings is 1. The Hall–Kier alpha value is -1.48. The van der Waals surface area contributed by atoms with E-state index < -0.39 is 10.0 Å². The van der Waals surface area contributed by atoms with E-state index in [1.165, 1.54) is 22.7 Å². The van der Waals surface area contributed by atoms with Gasteiger partial charge in [-0.15, -0.1) is 27.1 Å². The maximum atomic E-state index is 12.5. The minimum Gasteiger partial charge on any atom is -0.312 e. The van der Waals surface area contributed by atoms with Gasteiger partial charge in [0.2, 0.25) is 4.80 Å². The van der Waals surface area contributed by atoms with E-state index in [2.05, 4.69) is 20.3 Å². The number of aromatic nitrogens is 1. The normalized spacial score (nSPS) is 13.0. The lowest BCUT2D eigenvalue weighted by molar-refractivity contribution is 0.597. The Kier molecular flexibility index (Phi) is 5.73. The molecule has 0 aliphatic carbocycles. The second-order valence-corrected chi connectivity index (χ2v) is 9.62. The number of halogens is 1. The molecule has 1 aromatic carbocycles. The van der Waals surface area contributed by atoms with Crippen LogP contribution in [0.1, 0.15) is 6.92 Å². The number of benzene rings is 1. The lowest BCUT2D eigenvalue weighted by Gasteiger charge is -2.07. The maximum absolute atomic E-state index is 12.5. The summed E-state index contributed by atoms with van der Waals surface area (Å²) in [5.41, 5.74) is 1.95. The summed E-state index contributed by atoms with van der Waals surface area (Å²) in [6.45, 7) is 2.50. The molecule has 0 atom stereocenters. The van der Waals surface area contributed by atoms with Gasteiger partial charge < -0.3 is 4.57 Å². The van der Waals surface area contributed by atoms with Crippen molar-refractivity contribution in [3.05, 3.63) is 68.6 Å². The maximum Gasteiger partial charge on any atom is 0.294 e. The molecule has 0 aliphatic heterocycles. The van der Waals surface area contributed by atoms with E-state index in [4.69, 9.17) is 0 Å². The monoisotopic (exact) mass is 454 g/mol. The zero-order chi connectivity index (χ0) is 17.9. The molecular weight excluding hydrogens is 440 g/mol. The molecule has 4 nitrogen and oxygen atoms in total. The van der Waals surface area contributed by atoms with Gasteiger partial charge >= 0.3 is 0 Å². The van der Waals surface area contributed by atoms with E-state index in [0.29, 0.717) is 11.3 Å². The van der Waals surface area contributed by atoms with Gasteiger partial charge in [-0.05, 0) is 36.1 Å².